The molecule has 1 aliphatic rings. The van der Waals surface area contributed by atoms with Gasteiger partial charge in [-0.3, -0.25) is 4.79 Å². The first-order valence-corrected chi connectivity index (χ1v) is 6.42. The Kier molecular flexibility index (Phi) is 4.53. The van der Waals surface area contributed by atoms with Gasteiger partial charge in [-0.2, -0.15) is 0 Å². The van der Waals surface area contributed by atoms with Crippen molar-refractivity contribution in [3.05, 3.63) is 42.0 Å². The Morgan fingerprint density at radius 2 is 1.78 bits per heavy atom. The van der Waals surface area contributed by atoms with Crippen LogP contribution in [0, 0.1) is 0 Å². The zero-order valence-electron chi connectivity index (χ0n) is 10.9. The Labute approximate surface area is 109 Å². The summed E-state index contributed by atoms with van der Waals surface area (Å²) in [5.74, 6) is 0. The molecule has 3 heteroatoms. The van der Waals surface area contributed by atoms with Gasteiger partial charge in [-0.05, 0) is 37.2 Å². The lowest BCUT2D eigenvalue weighted by Crippen LogP contribution is -2.44. The van der Waals surface area contributed by atoms with Crippen molar-refractivity contribution in [2.45, 2.75) is 6.42 Å². The van der Waals surface area contributed by atoms with Crippen molar-refractivity contribution < 1.29 is 4.79 Å². The summed E-state index contributed by atoms with van der Waals surface area (Å²) >= 11 is 0. The number of carbonyl (C=O) groups excluding carboxylic acids is 1. The first kappa shape index (κ1) is 12.8. The maximum atomic E-state index is 10.2. The summed E-state index contributed by atoms with van der Waals surface area (Å²) in [6.45, 7) is 4.45. The molecule has 1 aliphatic heterocycles. The van der Waals surface area contributed by atoms with E-state index in [1.165, 1.54) is 11.3 Å². The molecule has 1 fully saturated rings. The summed E-state index contributed by atoms with van der Waals surface area (Å²) < 4.78 is 0. The lowest BCUT2D eigenvalue weighted by atomic mass is 10.1. The van der Waals surface area contributed by atoms with E-state index in [0.717, 1.165) is 38.9 Å². The number of benzene rings is 1. The number of aldehydes is 1. The van der Waals surface area contributed by atoms with Crippen LogP contribution < -0.4 is 4.90 Å². The third-order valence-electron chi connectivity index (χ3n) is 3.37. The third-order valence-corrected chi connectivity index (χ3v) is 3.37. The van der Waals surface area contributed by atoms with Crippen molar-refractivity contribution in [3.8, 4) is 0 Å². The minimum absolute atomic E-state index is 0.818. The van der Waals surface area contributed by atoms with Gasteiger partial charge in [0.25, 0.3) is 0 Å². The molecule has 0 atom stereocenters. The monoisotopic (exact) mass is 244 g/mol. The van der Waals surface area contributed by atoms with Crippen molar-refractivity contribution in [2.24, 2.45) is 0 Å². The average Bonchev–Trinajstić information content (AvgIpc) is 2.41. The molecule has 0 radical (unpaired) electrons. The molecule has 1 aromatic carbocycles. The zero-order chi connectivity index (χ0) is 12.8. The molecule has 0 aromatic heterocycles. The minimum Gasteiger partial charge on any atom is -0.369 e. The van der Waals surface area contributed by atoms with Gasteiger partial charge in [0.1, 0.15) is 6.29 Å². The Bertz CT molecular complexity index is 403. The second-order valence-corrected chi connectivity index (χ2v) is 4.73. The molecule has 0 unspecified atom stereocenters. The summed E-state index contributed by atoms with van der Waals surface area (Å²) in [6.07, 6.45) is 5.08. The largest absolute Gasteiger partial charge is 0.369 e. The van der Waals surface area contributed by atoms with Gasteiger partial charge >= 0.3 is 0 Å². The maximum Gasteiger partial charge on any atom is 0.142 e. The number of rotatable bonds is 4. The molecule has 0 aliphatic carbocycles. The highest BCUT2D eigenvalue weighted by molar-refractivity contribution is 5.64. The molecule has 0 N–H and O–H groups in total. The number of carbonyl (C=O) groups is 1. The number of hydrogen-bond donors (Lipinski definition) is 0. The highest BCUT2D eigenvalue weighted by Gasteiger charge is 2.13. The summed E-state index contributed by atoms with van der Waals surface area (Å²) in [4.78, 5) is 15.0. The first-order valence-electron chi connectivity index (χ1n) is 6.42. The summed E-state index contributed by atoms with van der Waals surface area (Å²) in [7, 11) is 2.17. The molecular weight excluding hydrogens is 224 g/mol. The van der Waals surface area contributed by atoms with Gasteiger partial charge in [-0.15, -0.1) is 0 Å². The van der Waals surface area contributed by atoms with Crippen LogP contribution in [0.5, 0.6) is 0 Å². The fraction of sp³-hybridized carbons (Fsp3) is 0.400. The Balaban J connectivity index is 1.94. The van der Waals surface area contributed by atoms with Crippen LogP contribution in [-0.2, 0) is 11.2 Å². The van der Waals surface area contributed by atoms with Crippen LogP contribution in [0.2, 0.25) is 0 Å². The zero-order valence-corrected chi connectivity index (χ0v) is 10.9. The Hall–Kier alpha value is -1.61. The van der Waals surface area contributed by atoms with Crippen LogP contribution >= 0.6 is 0 Å². The predicted molar refractivity (Wildman–Crippen MR) is 75.1 cm³/mol. The molecular formula is C15H20N2O. The normalized spacial score (nSPS) is 17.3. The van der Waals surface area contributed by atoms with Gasteiger partial charge < -0.3 is 9.80 Å². The molecule has 0 amide bonds. The van der Waals surface area contributed by atoms with E-state index in [-0.39, 0.29) is 0 Å². The van der Waals surface area contributed by atoms with E-state index in [1.54, 1.807) is 6.08 Å². The van der Waals surface area contributed by atoms with Crippen LogP contribution in [0.1, 0.15) is 5.56 Å². The van der Waals surface area contributed by atoms with E-state index in [4.69, 9.17) is 0 Å². The molecule has 1 aromatic rings. The number of anilines is 1. The SMILES string of the molecule is CN1CCN(c2ccc(CC=CC=O)cc2)CC1. The van der Waals surface area contributed by atoms with Gasteiger partial charge in [-0.1, -0.05) is 18.2 Å². The molecule has 0 bridgehead atoms. The van der Waals surface area contributed by atoms with Crippen LogP contribution in [0.3, 0.4) is 0 Å². The van der Waals surface area contributed by atoms with Crippen LogP contribution in [-0.4, -0.2) is 44.4 Å². The quantitative estimate of drug-likeness (QED) is 0.595. The average molecular weight is 244 g/mol. The second-order valence-electron chi connectivity index (χ2n) is 4.73. The van der Waals surface area contributed by atoms with Crippen molar-refractivity contribution in [2.75, 3.05) is 38.1 Å². The van der Waals surface area contributed by atoms with Crippen LogP contribution in [0.4, 0.5) is 5.69 Å². The van der Waals surface area contributed by atoms with Crippen molar-refractivity contribution in [1.82, 2.24) is 4.90 Å². The number of nitrogens with zero attached hydrogens (tertiary/aromatic N) is 2. The topological polar surface area (TPSA) is 23.6 Å². The molecule has 0 spiro atoms. The third kappa shape index (κ3) is 3.44. The molecule has 1 heterocycles. The highest BCUT2D eigenvalue weighted by atomic mass is 16.1. The smallest absolute Gasteiger partial charge is 0.142 e. The van der Waals surface area contributed by atoms with Crippen molar-refractivity contribution in [1.29, 1.82) is 0 Å². The van der Waals surface area contributed by atoms with Gasteiger partial charge in [0.15, 0.2) is 0 Å². The Morgan fingerprint density at radius 1 is 1.11 bits per heavy atom. The van der Waals surface area contributed by atoms with Gasteiger partial charge in [-0.25, -0.2) is 0 Å². The second kappa shape index (κ2) is 6.36. The first-order chi connectivity index (χ1) is 8.79. The van der Waals surface area contributed by atoms with E-state index in [0.29, 0.717) is 0 Å². The van der Waals surface area contributed by atoms with E-state index in [1.807, 2.05) is 6.08 Å². The van der Waals surface area contributed by atoms with Crippen molar-refractivity contribution >= 4 is 12.0 Å². The molecule has 2 rings (SSSR count). The van der Waals surface area contributed by atoms with Crippen LogP contribution in [0.15, 0.2) is 36.4 Å². The standard InChI is InChI=1S/C15H20N2O/c1-16-9-11-17(12-10-16)15-7-5-14(6-8-15)4-2-3-13-18/h2-3,5-8,13H,4,9-12H2,1H3. The number of likely N-dealkylation sites (N-methyl/N-ethyl adjacent to an activating group) is 1. The Morgan fingerprint density at radius 3 is 2.39 bits per heavy atom. The fourth-order valence-corrected chi connectivity index (χ4v) is 2.17. The van der Waals surface area contributed by atoms with Crippen LogP contribution in [0.25, 0.3) is 0 Å². The summed E-state index contributed by atoms with van der Waals surface area (Å²) in [6, 6.07) is 8.64. The lowest BCUT2D eigenvalue weighted by Gasteiger charge is -2.34. The van der Waals surface area contributed by atoms with Gasteiger partial charge in [0.2, 0.25) is 0 Å². The molecule has 96 valence electrons. The number of hydrogen-bond acceptors (Lipinski definition) is 3. The molecule has 18 heavy (non-hydrogen) atoms. The lowest BCUT2D eigenvalue weighted by molar-refractivity contribution is -0.104. The van der Waals surface area contributed by atoms with E-state index >= 15 is 0 Å². The van der Waals surface area contributed by atoms with Gasteiger partial charge in [0, 0.05) is 31.9 Å². The van der Waals surface area contributed by atoms with E-state index in [9.17, 15) is 4.79 Å². The number of piperazine rings is 1. The summed E-state index contributed by atoms with van der Waals surface area (Å²) in [5.41, 5.74) is 2.54. The van der Waals surface area contributed by atoms with E-state index < -0.39 is 0 Å². The predicted octanol–water partition coefficient (Wildman–Crippen LogP) is 1.74. The van der Waals surface area contributed by atoms with Gasteiger partial charge in [0.05, 0.1) is 0 Å². The molecule has 0 saturated carbocycles. The minimum atomic E-state index is 0.818. The van der Waals surface area contributed by atoms with Crippen molar-refractivity contribution in [3.63, 3.8) is 0 Å². The number of allylic oxidation sites excluding steroid dienone is 2. The fourth-order valence-electron chi connectivity index (χ4n) is 2.17. The molecule has 1 saturated heterocycles. The molecule has 3 nitrogen and oxygen atoms in total. The highest BCUT2D eigenvalue weighted by Crippen LogP contribution is 2.17. The van der Waals surface area contributed by atoms with E-state index in [2.05, 4.69) is 41.1 Å². The maximum absolute atomic E-state index is 10.2. The summed E-state index contributed by atoms with van der Waals surface area (Å²) in [5, 5.41) is 0.